The molecule has 2 N–H and O–H groups in total. The maximum absolute atomic E-state index is 12.0. The van der Waals surface area contributed by atoms with Gasteiger partial charge >= 0.3 is 0 Å². The molecule has 0 aliphatic carbocycles. The van der Waals surface area contributed by atoms with Gasteiger partial charge in [0.15, 0.2) is 0 Å². The summed E-state index contributed by atoms with van der Waals surface area (Å²) in [5.74, 6) is -0.405. The van der Waals surface area contributed by atoms with Crippen LogP contribution < -0.4 is 10.6 Å². The van der Waals surface area contributed by atoms with E-state index in [0.29, 0.717) is 6.54 Å². The summed E-state index contributed by atoms with van der Waals surface area (Å²) in [7, 11) is 0. The molecule has 2 rings (SSSR count). The lowest BCUT2D eigenvalue weighted by Gasteiger charge is -2.12. The standard InChI is InChI=1S/C13H15BrN2O2/c1-2-8-5-10(14)3-4-11(8)16-13(18)9-6-12(17)15-7-9/h3-5,9H,2,6-7H2,1H3,(H,15,17)(H,16,18). The first-order chi connectivity index (χ1) is 8.60. The van der Waals surface area contributed by atoms with Crippen LogP contribution in [0.4, 0.5) is 5.69 Å². The van der Waals surface area contributed by atoms with Gasteiger partial charge in [0.1, 0.15) is 0 Å². The number of rotatable bonds is 3. The fraction of sp³-hybridized carbons (Fsp3) is 0.385. The fourth-order valence-electron chi connectivity index (χ4n) is 2.00. The van der Waals surface area contributed by atoms with Crippen molar-refractivity contribution in [2.45, 2.75) is 19.8 Å². The van der Waals surface area contributed by atoms with E-state index in [1.807, 2.05) is 25.1 Å². The SMILES string of the molecule is CCc1cc(Br)ccc1NC(=O)C1CNC(=O)C1. The maximum Gasteiger partial charge on any atom is 0.229 e. The average molecular weight is 311 g/mol. The van der Waals surface area contributed by atoms with E-state index in [1.54, 1.807) is 0 Å². The quantitative estimate of drug-likeness (QED) is 0.898. The maximum atomic E-state index is 12.0. The third-order valence-corrected chi connectivity index (χ3v) is 3.55. The lowest BCUT2D eigenvalue weighted by Crippen LogP contribution is -2.25. The van der Waals surface area contributed by atoms with E-state index >= 15 is 0 Å². The summed E-state index contributed by atoms with van der Waals surface area (Å²) in [6.45, 7) is 2.47. The Morgan fingerprint density at radius 2 is 2.33 bits per heavy atom. The van der Waals surface area contributed by atoms with Gasteiger partial charge in [0.2, 0.25) is 11.8 Å². The molecule has 4 nitrogen and oxygen atoms in total. The molecule has 1 unspecified atom stereocenters. The molecule has 5 heteroatoms. The molecule has 1 aliphatic heterocycles. The van der Waals surface area contributed by atoms with E-state index in [0.717, 1.165) is 22.1 Å². The normalized spacial score (nSPS) is 18.6. The van der Waals surface area contributed by atoms with Crippen LogP contribution in [-0.4, -0.2) is 18.4 Å². The highest BCUT2D eigenvalue weighted by Crippen LogP contribution is 2.22. The Bertz CT molecular complexity index is 488. The molecule has 1 aromatic rings. The molecular formula is C13H15BrN2O2. The molecule has 96 valence electrons. The molecule has 1 aromatic carbocycles. The van der Waals surface area contributed by atoms with Gasteiger partial charge in [-0.25, -0.2) is 0 Å². The molecule has 1 fully saturated rings. The molecule has 18 heavy (non-hydrogen) atoms. The van der Waals surface area contributed by atoms with Gasteiger partial charge < -0.3 is 10.6 Å². The molecule has 0 radical (unpaired) electrons. The van der Waals surface area contributed by atoms with Gasteiger partial charge in [-0.15, -0.1) is 0 Å². The fourth-order valence-corrected chi connectivity index (χ4v) is 2.41. The van der Waals surface area contributed by atoms with Gasteiger partial charge in [0.25, 0.3) is 0 Å². The van der Waals surface area contributed by atoms with Crippen LogP contribution in [-0.2, 0) is 16.0 Å². The van der Waals surface area contributed by atoms with Crippen molar-refractivity contribution in [3.05, 3.63) is 28.2 Å². The number of carbonyl (C=O) groups is 2. The van der Waals surface area contributed by atoms with E-state index in [4.69, 9.17) is 0 Å². The lowest BCUT2D eigenvalue weighted by molar-refractivity contribution is -0.123. The van der Waals surface area contributed by atoms with Gasteiger partial charge in [0.05, 0.1) is 5.92 Å². The number of hydrogen-bond donors (Lipinski definition) is 2. The van der Waals surface area contributed by atoms with Crippen LogP contribution in [0.25, 0.3) is 0 Å². The van der Waals surface area contributed by atoms with Gasteiger partial charge in [-0.3, -0.25) is 9.59 Å². The second kappa shape index (κ2) is 5.52. The first kappa shape index (κ1) is 13.1. The molecule has 1 saturated heterocycles. The van der Waals surface area contributed by atoms with Crippen LogP contribution >= 0.6 is 15.9 Å². The molecular weight excluding hydrogens is 296 g/mol. The van der Waals surface area contributed by atoms with Crippen molar-refractivity contribution in [1.82, 2.24) is 5.32 Å². The van der Waals surface area contributed by atoms with Crippen molar-refractivity contribution < 1.29 is 9.59 Å². The number of nitrogens with one attached hydrogen (secondary N) is 2. The summed E-state index contributed by atoms with van der Waals surface area (Å²) in [5.41, 5.74) is 1.90. The van der Waals surface area contributed by atoms with Gasteiger partial charge in [0, 0.05) is 23.1 Å². The Kier molecular flexibility index (Phi) is 4.01. The van der Waals surface area contributed by atoms with Crippen molar-refractivity contribution in [2.75, 3.05) is 11.9 Å². The third-order valence-electron chi connectivity index (χ3n) is 3.05. The highest BCUT2D eigenvalue weighted by atomic mass is 79.9. The smallest absolute Gasteiger partial charge is 0.229 e. The van der Waals surface area contributed by atoms with Crippen molar-refractivity contribution in [1.29, 1.82) is 0 Å². The molecule has 0 bridgehead atoms. The number of carbonyl (C=O) groups excluding carboxylic acids is 2. The summed E-state index contributed by atoms with van der Waals surface area (Å²) < 4.78 is 0.995. The van der Waals surface area contributed by atoms with E-state index in [9.17, 15) is 9.59 Å². The second-order valence-electron chi connectivity index (χ2n) is 4.35. The molecule has 2 amide bonds. The molecule has 0 spiro atoms. The largest absolute Gasteiger partial charge is 0.355 e. The summed E-state index contributed by atoms with van der Waals surface area (Å²) >= 11 is 3.41. The van der Waals surface area contributed by atoms with Crippen molar-refractivity contribution in [2.24, 2.45) is 5.92 Å². The average Bonchev–Trinajstić information content (AvgIpc) is 2.78. The Morgan fingerprint density at radius 1 is 1.56 bits per heavy atom. The van der Waals surface area contributed by atoms with E-state index < -0.39 is 0 Å². The van der Waals surface area contributed by atoms with Crippen LogP contribution in [0.5, 0.6) is 0 Å². The van der Waals surface area contributed by atoms with E-state index in [1.165, 1.54) is 0 Å². The van der Waals surface area contributed by atoms with Crippen molar-refractivity contribution in [3.63, 3.8) is 0 Å². The minimum atomic E-state index is -0.258. The minimum Gasteiger partial charge on any atom is -0.355 e. The topological polar surface area (TPSA) is 58.2 Å². The number of halogens is 1. The first-order valence-corrected chi connectivity index (χ1v) is 6.75. The predicted molar refractivity (Wildman–Crippen MR) is 73.3 cm³/mol. The van der Waals surface area contributed by atoms with Crippen LogP contribution in [0.3, 0.4) is 0 Å². The zero-order chi connectivity index (χ0) is 13.1. The van der Waals surface area contributed by atoms with Crippen LogP contribution in [0.2, 0.25) is 0 Å². The Balaban J connectivity index is 2.09. The highest BCUT2D eigenvalue weighted by molar-refractivity contribution is 9.10. The zero-order valence-corrected chi connectivity index (χ0v) is 11.7. The van der Waals surface area contributed by atoms with Gasteiger partial charge in [-0.05, 0) is 30.2 Å². The Morgan fingerprint density at radius 3 is 2.94 bits per heavy atom. The Hall–Kier alpha value is -1.36. The van der Waals surface area contributed by atoms with Crippen LogP contribution in [0.1, 0.15) is 18.9 Å². The number of aryl methyl sites for hydroxylation is 1. The lowest BCUT2D eigenvalue weighted by atomic mass is 10.1. The third kappa shape index (κ3) is 2.90. The monoisotopic (exact) mass is 310 g/mol. The molecule has 1 heterocycles. The van der Waals surface area contributed by atoms with E-state index in [2.05, 4.69) is 26.6 Å². The number of hydrogen-bond acceptors (Lipinski definition) is 2. The molecule has 0 saturated carbocycles. The summed E-state index contributed by atoms with van der Waals surface area (Å²) in [6.07, 6.45) is 1.13. The summed E-state index contributed by atoms with van der Waals surface area (Å²) in [6, 6.07) is 5.77. The van der Waals surface area contributed by atoms with Crippen molar-refractivity contribution >= 4 is 33.4 Å². The number of anilines is 1. The van der Waals surface area contributed by atoms with Crippen molar-refractivity contribution in [3.8, 4) is 0 Å². The molecule has 1 aliphatic rings. The van der Waals surface area contributed by atoms with E-state index in [-0.39, 0.29) is 24.2 Å². The van der Waals surface area contributed by atoms with Gasteiger partial charge in [-0.2, -0.15) is 0 Å². The highest BCUT2D eigenvalue weighted by Gasteiger charge is 2.28. The first-order valence-electron chi connectivity index (χ1n) is 5.96. The van der Waals surface area contributed by atoms with Gasteiger partial charge in [-0.1, -0.05) is 22.9 Å². The van der Waals surface area contributed by atoms with Crippen LogP contribution in [0, 0.1) is 5.92 Å². The molecule has 0 aromatic heterocycles. The summed E-state index contributed by atoms with van der Waals surface area (Å²) in [5, 5.41) is 5.57. The van der Waals surface area contributed by atoms with Crippen LogP contribution in [0.15, 0.2) is 22.7 Å². The Labute approximate surface area is 114 Å². The number of benzene rings is 1. The second-order valence-corrected chi connectivity index (χ2v) is 5.27. The molecule has 1 atom stereocenters. The minimum absolute atomic E-state index is 0.0540. The predicted octanol–water partition coefficient (Wildman–Crippen LogP) is 2.09. The zero-order valence-electron chi connectivity index (χ0n) is 10.1. The summed E-state index contributed by atoms with van der Waals surface area (Å²) in [4.78, 5) is 23.1. The number of amides is 2.